The molecule has 36 heavy (non-hydrogen) atoms. The van der Waals surface area contributed by atoms with Crippen LogP contribution in [0.3, 0.4) is 0 Å². The van der Waals surface area contributed by atoms with Crippen LogP contribution in [0.2, 0.25) is 0 Å². The van der Waals surface area contributed by atoms with Gasteiger partial charge < -0.3 is 19.5 Å². The van der Waals surface area contributed by atoms with Crippen LogP contribution < -0.4 is 5.56 Å². The molecule has 1 atom stereocenters. The number of carboxylic acid groups (broad SMARTS) is 2. The number of carbonyl (C=O) groups is 3. The molecule has 0 saturated carbocycles. The SMILES string of the molecule is Cc1ccc(-c2c(C(OC(C)(C)C)C(=O)O)n(C)c(=O)c3cc(CCC(=O)C(=O)O)ccc23)cc1C. The van der Waals surface area contributed by atoms with Crippen molar-refractivity contribution in [1.29, 1.82) is 0 Å². The molecule has 0 spiro atoms. The van der Waals surface area contributed by atoms with Gasteiger partial charge in [0.2, 0.25) is 5.78 Å². The topological polar surface area (TPSA) is 123 Å². The lowest BCUT2D eigenvalue weighted by atomic mass is 9.91. The molecule has 3 aromatic rings. The van der Waals surface area contributed by atoms with Crippen LogP contribution in [0.4, 0.5) is 0 Å². The minimum atomic E-state index is -1.49. The van der Waals surface area contributed by atoms with Crippen LogP contribution in [0, 0.1) is 13.8 Å². The Balaban J connectivity index is 2.35. The Kier molecular flexibility index (Phi) is 7.50. The summed E-state index contributed by atoms with van der Waals surface area (Å²) < 4.78 is 7.25. The largest absolute Gasteiger partial charge is 0.479 e. The van der Waals surface area contributed by atoms with E-state index in [0.717, 1.165) is 16.7 Å². The van der Waals surface area contributed by atoms with Crippen LogP contribution >= 0.6 is 0 Å². The number of fused-ring (bicyclic) bond motifs is 1. The number of carbonyl (C=O) groups excluding carboxylic acids is 1. The molecule has 8 nitrogen and oxygen atoms in total. The third kappa shape index (κ3) is 5.54. The van der Waals surface area contributed by atoms with Gasteiger partial charge in [0.25, 0.3) is 5.56 Å². The van der Waals surface area contributed by atoms with E-state index >= 15 is 0 Å². The first-order valence-corrected chi connectivity index (χ1v) is 11.6. The fourth-order valence-electron chi connectivity index (χ4n) is 4.19. The Morgan fingerprint density at radius 2 is 1.64 bits per heavy atom. The van der Waals surface area contributed by atoms with E-state index in [1.54, 1.807) is 39.0 Å². The lowest BCUT2D eigenvalue weighted by Gasteiger charge is -2.28. The molecular weight excluding hydrogens is 462 g/mol. The summed E-state index contributed by atoms with van der Waals surface area (Å²) >= 11 is 0. The standard InChI is InChI=1S/C28H31NO7/c1-15-7-10-18(13-16(15)2)22-19-11-8-17(9-12-21(30)26(32)33)14-20(19)25(31)29(6)23(22)24(27(34)35)36-28(3,4)5/h7-8,10-11,13-14,24H,9,12H2,1-6H3,(H,32,33)(H,34,35). The molecule has 190 valence electrons. The Morgan fingerprint density at radius 1 is 0.972 bits per heavy atom. The predicted molar refractivity (Wildman–Crippen MR) is 136 cm³/mol. The summed E-state index contributed by atoms with van der Waals surface area (Å²) in [6.07, 6.45) is -1.43. The fourth-order valence-corrected chi connectivity index (χ4v) is 4.19. The number of hydrogen-bond donors (Lipinski definition) is 2. The normalized spacial score (nSPS) is 12.5. The van der Waals surface area contributed by atoms with E-state index in [2.05, 4.69) is 0 Å². The molecule has 0 bridgehead atoms. The van der Waals surface area contributed by atoms with E-state index < -0.39 is 35.0 Å². The molecule has 1 aromatic heterocycles. The Hall–Kier alpha value is -3.78. The molecule has 2 aromatic carbocycles. The molecular formula is C28H31NO7. The number of aryl methyl sites for hydroxylation is 3. The van der Waals surface area contributed by atoms with Gasteiger partial charge in [-0.15, -0.1) is 0 Å². The molecule has 3 rings (SSSR count). The molecule has 8 heteroatoms. The molecule has 0 amide bonds. The number of aliphatic carboxylic acids is 2. The van der Waals surface area contributed by atoms with Crippen molar-refractivity contribution in [1.82, 2.24) is 4.57 Å². The smallest absolute Gasteiger partial charge is 0.372 e. The van der Waals surface area contributed by atoms with Gasteiger partial charge in [0, 0.05) is 24.4 Å². The van der Waals surface area contributed by atoms with Gasteiger partial charge in [-0.3, -0.25) is 9.59 Å². The summed E-state index contributed by atoms with van der Waals surface area (Å²) in [7, 11) is 1.52. The highest BCUT2D eigenvalue weighted by Gasteiger charge is 2.33. The van der Waals surface area contributed by atoms with Crippen molar-refractivity contribution in [3.63, 3.8) is 0 Å². The van der Waals surface area contributed by atoms with E-state index in [1.165, 1.54) is 11.6 Å². The second kappa shape index (κ2) is 10.1. The number of ether oxygens (including phenoxy) is 1. The second-order valence-electron chi connectivity index (χ2n) is 9.98. The number of hydrogen-bond acceptors (Lipinski definition) is 5. The molecule has 1 unspecified atom stereocenters. The first-order valence-electron chi connectivity index (χ1n) is 11.6. The molecule has 0 aliphatic heterocycles. The van der Waals surface area contributed by atoms with Crippen LogP contribution in [-0.2, 0) is 32.6 Å². The molecule has 0 saturated heterocycles. The molecule has 0 fully saturated rings. The number of Topliss-reactive ketones (excluding diaryl/α,β-unsaturated/α-hetero) is 1. The number of pyridine rings is 1. The number of rotatable bonds is 8. The Morgan fingerprint density at radius 3 is 2.19 bits per heavy atom. The average molecular weight is 494 g/mol. The molecule has 0 radical (unpaired) electrons. The molecule has 1 heterocycles. The maximum atomic E-state index is 13.5. The summed E-state index contributed by atoms with van der Waals surface area (Å²) in [6.45, 7) is 9.19. The van der Waals surface area contributed by atoms with Crippen LogP contribution in [0.15, 0.2) is 41.2 Å². The van der Waals surface area contributed by atoms with Gasteiger partial charge in [-0.1, -0.05) is 30.3 Å². The Labute approximate surface area is 209 Å². The van der Waals surface area contributed by atoms with E-state index in [4.69, 9.17) is 9.84 Å². The fraction of sp³-hybridized carbons (Fsp3) is 0.357. The third-order valence-electron chi connectivity index (χ3n) is 6.12. The van der Waals surface area contributed by atoms with Crippen molar-refractivity contribution in [2.45, 2.75) is 59.2 Å². The van der Waals surface area contributed by atoms with Crippen LogP contribution in [-0.4, -0.2) is 38.1 Å². The van der Waals surface area contributed by atoms with Crippen LogP contribution in [0.1, 0.15) is 55.7 Å². The maximum Gasteiger partial charge on any atom is 0.372 e. The zero-order chi connectivity index (χ0) is 26.9. The lowest BCUT2D eigenvalue weighted by molar-refractivity contribution is -0.161. The van der Waals surface area contributed by atoms with E-state index in [-0.39, 0.29) is 18.5 Å². The number of nitrogens with zero attached hydrogens (tertiary/aromatic N) is 1. The number of carboxylic acids is 2. The van der Waals surface area contributed by atoms with Gasteiger partial charge in [-0.05, 0) is 74.7 Å². The number of ketones is 1. The predicted octanol–water partition coefficient (Wildman–Crippen LogP) is 4.35. The summed E-state index contributed by atoms with van der Waals surface area (Å²) in [5, 5.41) is 19.9. The first-order chi connectivity index (χ1) is 16.7. The van der Waals surface area contributed by atoms with E-state index in [1.807, 2.05) is 32.0 Å². The molecule has 0 aliphatic carbocycles. The van der Waals surface area contributed by atoms with Gasteiger partial charge in [0.15, 0.2) is 6.10 Å². The monoisotopic (exact) mass is 493 g/mol. The van der Waals surface area contributed by atoms with Crippen LogP contribution in [0.25, 0.3) is 21.9 Å². The second-order valence-corrected chi connectivity index (χ2v) is 9.98. The van der Waals surface area contributed by atoms with Crippen molar-refractivity contribution in [3.8, 4) is 11.1 Å². The first kappa shape index (κ1) is 26.8. The van der Waals surface area contributed by atoms with E-state index in [0.29, 0.717) is 21.9 Å². The maximum absolute atomic E-state index is 13.5. The van der Waals surface area contributed by atoms with Crippen molar-refractivity contribution in [3.05, 3.63) is 69.1 Å². The third-order valence-corrected chi connectivity index (χ3v) is 6.12. The summed E-state index contributed by atoms with van der Waals surface area (Å²) in [5.74, 6) is -3.61. The highest BCUT2D eigenvalue weighted by Crippen LogP contribution is 2.37. The van der Waals surface area contributed by atoms with Crippen molar-refractivity contribution < 1.29 is 29.3 Å². The number of benzene rings is 2. The van der Waals surface area contributed by atoms with Gasteiger partial charge in [0.05, 0.1) is 11.3 Å². The minimum absolute atomic E-state index is 0.163. The van der Waals surface area contributed by atoms with Gasteiger partial charge in [0.1, 0.15) is 0 Å². The highest BCUT2D eigenvalue weighted by molar-refractivity contribution is 6.32. The highest BCUT2D eigenvalue weighted by atomic mass is 16.5. The summed E-state index contributed by atoms with van der Waals surface area (Å²) in [5.41, 5.74) is 3.04. The van der Waals surface area contributed by atoms with Crippen molar-refractivity contribution in [2.75, 3.05) is 0 Å². The quantitative estimate of drug-likeness (QED) is 0.447. The zero-order valence-electron chi connectivity index (χ0n) is 21.3. The summed E-state index contributed by atoms with van der Waals surface area (Å²) in [4.78, 5) is 48.4. The van der Waals surface area contributed by atoms with E-state index in [9.17, 15) is 24.3 Å². The molecule has 2 N–H and O–H groups in total. The van der Waals surface area contributed by atoms with Gasteiger partial charge >= 0.3 is 11.9 Å². The van der Waals surface area contributed by atoms with Crippen molar-refractivity contribution >= 4 is 28.5 Å². The Bertz CT molecular complexity index is 1430. The van der Waals surface area contributed by atoms with Crippen LogP contribution in [0.5, 0.6) is 0 Å². The minimum Gasteiger partial charge on any atom is -0.479 e. The number of aromatic nitrogens is 1. The average Bonchev–Trinajstić information content (AvgIpc) is 2.79. The van der Waals surface area contributed by atoms with Gasteiger partial charge in [-0.2, -0.15) is 0 Å². The summed E-state index contributed by atoms with van der Waals surface area (Å²) in [6, 6.07) is 10.9. The lowest BCUT2D eigenvalue weighted by Crippen LogP contribution is -2.33. The molecule has 0 aliphatic rings. The van der Waals surface area contributed by atoms with Crippen molar-refractivity contribution in [2.24, 2.45) is 7.05 Å². The van der Waals surface area contributed by atoms with Gasteiger partial charge in [-0.25, -0.2) is 9.59 Å². The zero-order valence-corrected chi connectivity index (χ0v) is 21.3.